The Morgan fingerprint density at radius 1 is 1.12 bits per heavy atom. The van der Waals surface area contributed by atoms with Crippen LogP contribution in [0.4, 0.5) is 5.69 Å². The van der Waals surface area contributed by atoms with E-state index < -0.39 is 0 Å². The standard InChI is InChI=1S/C27H30N2O2S/c1-26(2)10-7-12-29-13-11-27(3,4)21-22(29)18(26)15-16-14-17(25(30)31-23(16)21)24-28-19-8-5-6-9-20(19)32-24/h5-6,9,14-15,19H,7-8,10-13H2,1-4H3. The van der Waals surface area contributed by atoms with Gasteiger partial charge in [0, 0.05) is 34.6 Å². The fraction of sp³-hybridized carbons (Fsp3) is 0.481. The number of benzene rings is 1. The van der Waals surface area contributed by atoms with Crippen LogP contribution < -0.4 is 10.5 Å². The summed E-state index contributed by atoms with van der Waals surface area (Å²) in [5.74, 6) is 0. The number of allylic oxidation sites excluding steroid dienone is 2. The second-order valence-corrected chi connectivity index (χ2v) is 12.0. The molecule has 0 radical (unpaired) electrons. The highest BCUT2D eigenvalue weighted by atomic mass is 32.2. The van der Waals surface area contributed by atoms with E-state index in [1.165, 1.54) is 28.1 Å². The molecular weight excluding hydrogens is 416 g/mol. The van der Waals surface area contributed by atoms with Gasteiger partial charge in [-0.15, -0.1) is 0 Å². The van der Waals surface area contributed by atoms with E-state index in [0.29, 0.717) is 5.56 Å². The average molecular weight is 447 g/mol. The number of aliphatic imine (C=N–C) groups is 1. The number of thioether (sulfide) groups is 1. The van der Waals surface area contributed by atoms with E-state index in [4.69, 9.17) is 9.41 Å². The van der Waals surface area contributed by atoms with Crippen molar-refractivity contribution in [2.75, 3.05) is 18.0 Å². The molecule has 1 aromatic carbocycles. The van der Waals surface area contributed by atoms with E-state index in [0.717, 1.165) is 48.4 Å². The summed E-state index contributed by atoms with van der Waals surface area (Å²) in [6, 6.07) is 4.49. The fourth-order valence-corrected chi connectivity index (χ4v) is 6.90. The maximum Gasteiger partial charge on any atom is 0.346 e. The van der Waals surface area contributed by atoms with Crippen molar-refractivity contribution >= 4 is 33.5 Å². The van der Waals surface area contributed by atoms with Gasteiger partial charge in [0.2, 0.25) is 0 Å². The van der Waals surface area contributed by atoms with Crippen molar-refractivity contribution in [3.05, 3.63) is 62.4 Å². The van der Waals surface area contributed by atoms with Gasteiger partial charge in [0.15, 0.2) is 0 Å². The predicted molar refractivity (Wildman–Crippen MR) is 134 cm³/mol. The second-order valence-electron chi connectivity index (χ2n) is 10.9. The van der Waals surface area contributed by atoms with Crippen molar-refractivity contribution in [1.82, 2.24) is 0 Å². The lowest BCUT2D eigenvalue weighted by Gasteiger charge is -2.42. The van der Waals surface area contributed by atoms with Crippen LogP contribution in [-0.4, -0.2) is 24.2 Å². The Bertz CT molecular complexity index is 1290. The molecule has 5 heteroatoms. The first kappa shape index (κ1) is 20.3. The third-order valence-corrected chi connectivity index (χ3v) is 8.92. The van der Waals surface area contributed by atoms with Crippen LogP contribution in [0.5, 0.6) is 0 Å². The number of rotatable bonds is 1. The van der Waals surface area contributed by atoms with Gasteiger partial charge in [0.05, 0.1) is 11.6 Å². The Kier molecular flexibility index (Phi) is 4.36. The fourth-order valence-electron chi connectivity index (χ4n) is 5.82. The minimum Gasteiger partial charge on any atom is -0.422 e. The first-order chi connectivity index (χ1) is 15.2. The topological polar surface area (TPSA) is 45.8 Å². The van der Waals surface area contributed by atoms with Crippen molar-refractivity contribution in [1.29, 1.82) is 0 Å². The van der Waals surface area contributed by atoms with Crippen LogP contribution in [-0.2, 0) is 10.8 Å². The second kappa shape index (κ2) is 6.86. The molecule has 0 bridgehead atoms. The maximum absolute atomic E-state index is 13.3. The molecule has 0 saturated carbocycles. The third-order valence-electron chi connectivity index (χ3n) is 7.76. The summed E-state index contributed by atoms with van der Waals surface area (Å²) in [7, 11) is 0. The molecule has 32 heavy (non-hydrogen) atoms. The first-order valence-corrected chi connectivity index (χ1v) is 12.6. The highest BCUT2D eigenvalue weighted by Gasteiger charge is 2.40. The number of hydrogen-bond donors (Lipinski definition) is 0. The lowest BCUT2D eigenvalue weighted by molar-refractivity contribution is 0.444. The quantitative estimate of drug-likeness (QED) is 0.500. The molecule has 4 aliphatic rings. The van der Waals surface area contributed by atoms with Gasteiger partial charge in [0.25, 0.3) is 0 Å². The van der Waals surface area contributed by atoms with Crippen molar-refractivity contribution in [2.24, 2.45) is 4.99 Å². The largest absolute Gasteiger partial charge is 0.422 e. The Morgan fingerprint density at radius 3 is 2.78 bits per heavy atom. The Balaban J connectivity index is 1.61. The van der Waals surface area contributed by atoms with Crippen molar-refractivity contribution < 1.29 is 4.42 Å². The van der Waals surface area contributed by atoms with Crippen molar-refractivity contribution in [3.63, 3.8) is 0 Å². The van der Waals surface area contributed by atoms with Gasteiger partial charge >= 0.3 is 5.63 Å². The van der Waals surface area contributed by atoms with Gasteiger partial charge < -0.3 is 9.32 Å². The zero-order chi connectivity index (χ0) is 22.3. The van der Waals surface area contributed by atoms with Gasteiger partial charge in [-0.2, -0.15) is 0 Å². The minimum atomic E-state index is -0.270. The summed E-state index contributed by atoms with van der Waals surface area (Å²) in [4.78, 5) is 21.9. The zero-order valence-corrected chi connectivity index (χ0v) is 20.1. The monoisotopic (exact) mass is 446 g/mol. The van der Waals surface area contributed by atoms with E-state index in [2.05, 4.69) is 56.9 Å². The van der Waals surface area contributed by atoms with E-state index in [-0.39, 0.29) is 22.5 Å². The molecule has 3 aliphatic heterocycles. The molecule has 4 nitrogen and oxygen atoms in total. The highest BCUT2D eigenvalue weighted by Crippen LogP contribution is 2.51. The van der Waals surface area contributed by atoms with Crippen LogP contribution in [0.2, 0.25) is 0 Å². The molecule has 0 amide bonds. The van der Waals surface area contributed by atoms with Crippen LogP contribution in [0, 0.1) is 0 Å². The molecular formula is C27H30N2O2S. The Labute approximate surface area is 193 Å². The summed E-state index contributed by atoms with van der Waals surface area (Å²) >= 11 is 1.62. The van der Waals surface area contributed by atoms with Crippen LogP contribution >= 0.6 is 11.8 Å². The van der Waals surface area contributed by atoms with Crippen LogP contribution in [0.1, 0.15) is 70.1 Å². The van der Waals surface area contributed by atoms with Gasteiger partial charge in [-0.1, -0.05) is 57.7 Å². The van der Waals surface area contributed by atoms with E-state index in [9.17, 15) is 4.79 Å². The molecule has 1 aliphatic carbocycles. The lowest BCUT2D eigenvalue weighted by atomic mass is 9.72. The van der Waals surface area contributed by atoms with Crippen LogP contribution in [0.15, 0.2) is 49.5 Å². The third kappa shape index (κ3) is 2.97. The van der Waals surface area contributed by atoms with Gasteiger partial charge in [-0.3, -0.25) is 4.99 Å². The molecule has 1 aromatic heterocycles. The van der Waals surface area contributed by atoms with Crippen LogP contribution in [0.3, 0.4) is 0 Å². The minimum absolute atomic E-state index is 0.0387. The first-order valence-electron chi connectivity index (χ1n) is 11.8. The number of fused-ring (bicyclic) bond motifs is 3. The molecule has 6 rings (SSSR count). The molecule has 4 heterocycles. The normalized spacial score (nSPS) is 25.1. The maximum atomic E-state index is 13.3. The lowest BCUT2D eigenvalue weighted by Crippen LogP contribution is -2.38. The molecule has 0 fully saturated rings. The molecule has 0 N–H and O–H groups in total. The molecule has 0 spiro atoms. The van der Waals surface area contributed by atoms with Crippen LogP contribution in [0.25, 0.3) is 11.0 Å². The Morgan fingerprint density at radius 2 is 1.97 bits per heavy atom. The summed E-state index contributed by atoms with van der Waals surface area (Å²) in [6.45, 7) is 11.5. The molecule has 2 aromatic rings. The van der Waals surface area contributed by atoms with E-state index in [1.807, 2.05) is 6.07 Å². The van der Waals surface area contributed by atoms with Gasteiger partial charge in [0.1, 0.15) is 10.6 Å². The Hall–Kier alpha value is -2.27. The number of hydrogen-bond acceptors (Lipinski definition) is 5. The van der Waals surface area contributed by atoms with Gasteiger partial charge in [-0.05, 0) is 54.2 Å². The summed E-state index contributed by atoms with van der Waals surface area (Å²) < 4.78 is 6.16. The van der Waals surface area contributed by atoms with E-state index in [1.54, 1.807) is 11.8 Å². The van der Waals surface area contributed by atoms with Gasteiger partial charge in [-0.25, -0.2) is 4.79 Å². The zero-order valence-electron chi connectivity index (χ0n) is 19.3. The smallest absolute Gasteiger partial charge is 0.346 e. The molecule has 1 atom stereocenters. The SMILES string of the molecule is CC1(C)CCCN2CCC(C)(C)c3c2c1cc1cc(C2=NC4CC=CC=C4S2)c(=O)oc31. The average Bonchev–Trinajstić information content (AvgIpc) is 3.12. The number of nitrogens with zero attached hydrogens (tertiary/aromatic N) is 2. The highest BCUT2D eigenvalue weighted by molar-refractivity contribution is 8.18. The molecule has 1 unspecified atom stereocenters. The predicted octanol–water partition coefficient (Wildman–Crippen LogP) is 6.06. The van der Waals surface area contributed by atoms with E-state index >= 15 is 0 Å². The molecule has 0 saturated heterocycles. The van der Waals surface area contributed by atoms with Crippen molar-refractivity contribution in [3.8, 4) is 0 Å². The number of anilines is 1. The summed E-state index contributed by atoms with van der Waals surface area (Å²) in [5.41, 5.74) is 5.08. The summed E-state index contributed by atoms with van der Waals surface area (Å²) in [6.07, 6.45) is 10.6. The molecule has 166 valence electrons. The summed E-state index contributed by atoms with van der Waals surface area (Å²) in [5, 5.41) is 1.83. The van der Waals surface area contributed by atoms with Crippen molar-refractivity contribution in [2.45, 2.75) is 70.3 Å².